The molecule has 11 heteroatoms. The first kappa shape index (κ1) is 28.8. The Hall–Kier alpha value is -2.72. The van der Waals surface area contributed by atoms with Crippen molar-refractivity contribution in [1.82, 2.24) is 20.4 Å². The average molecular weight is 568 g/mol. The molecule has 4 heterocycles. The lowest BCUT2D eigenvalue weighted by atomic mass is 9.93. The zero-order valence-electron chi connectivity index (χ0n) is 20.2. The molecule has 3 N–H and O–H groups in total. The molecule has 200 valence electrons. The predicted molar refractivity (Wildman–Crippen MR) is 149 cm³/mol. The van der Waals surface area contributed by atoms with Gasteiger partial charge in [-0.15, -0.1) is 24.8 Å². The smallest absolute Gasteiger partial charge is 0.297 e. The number of nitrogens with zero attached hydrogens (tertiary/aromatic N) is 2. The molecule has 0 aromatic heterocycles. The Morgan fingerprint density at radius 3 is 2.59 bits per heavy atom. The van der Waals surface area contributed by atoms with Crippen LogP contribution in [0.25, 0.3) is 6.08 Å². The molecule has 0 aliphatic carbocycles. The fraction of sp³-hybridized carbons (Fsp3) is 0.346. The van der Waals surface area contributed by atoms with E-state index < -0.39 is 16.0 Å². The summed E-state index contributed by atoms with van der Waals surface area (Å²) >= 11 is 0. The SMILES string of the molecule is Cl.Cl.O=C(NCCC1CCN(C=Cc2ccccc2)CC1)C1=CC2CNC3=CC=CC(=C1S(=O)(=O)O)N32. The Bertz CT molecular complexity index is 1250. The van der Waals surface area contributed by atoms with Crippen molar-refractivity contribution >= 4 is 46.9 Å². The number of carbonyl (C=O) groups is 1. The van der Waals surface area contributed by atoms with Gasteiger partial charge in [0, 0.05) is 26.2 Å². The Kier molecular flexibility index (Phi) is 9.52. The van der Waals surface area contributed by atoms with E-state index in [0.29, 0.717) is 24.7 Å². The molecule has 0 saturated carbocycles. The van der Waals surface area contributed by atoms with Crippen LogP contribution in [0.15, 0.2) is 82.8 Å². The number of halogens is 2. The van der Waals surface area contributed by atoms with E-state index in [1.807, 2.05) is 24.3 Å². The van der Waals surface area contributed by atoms with Crippen molar-refractivity contribution in [3.05, 3.63) is 88.4 Å². The van der Waals surface area contributed by atoms with Gasteiger partial charge in [-0.1, -0.05) is 36.4 Å². The van der Waals surface area contributed by atoms with E-state index in [9.17, 15) is 17.8 Å². The van der Waals surface area contributed by atoms with Crippen molar-refractivity contribution in [3.8, 4) is 0 Å². The number of allylic oxidation sites excluding steroid dienone is 3. The second kappa shape index (κ2) is 12.2. The van der Waals surface area contributed by atoms with E-state index in [0.717, 1.165) is 38.2 Å². The van der Waals surface area contributed by atoms with Crippen LogP contribution in [0.1, 0.15) is 24.8 Å². The number of rotatable bonds is 7. The van der Waals surface area contributed by atoms with Gasteiger partial charge in [0.15, 0.2) is 0 Å². The summed E-state index contributed by atoms with van der Waals surface area (Å²) in [6, 6.07) is 10.0. The first-order chi connectivity index (χ1) is 16.9. The van der Waals surface area contributed by atoms with Gasteiger partial charge in [0.2, 0.25) is 0 Å². The molecule has 4 aliphatic rings. The molecule has 0 bridgehead atoms. The van der Waals surface area contributed by atoms with Gasteiger partial charge in [-0.25, -0.2) is 0 Å². The average Bonchev–Trinajstić information content (AvgIpc) is 3.27. The van der Waals surface area contributed by atoms with Crippen molar-refractivity contribution in [3.63, 3.8) is 0 Å². The van der Waals surface area contributed by atoms with Crippen molar-refractivity contribution in [2.45, 2.75) is 25.3 Å². The standard InChI is InChI=1S/C26H30N4O4S.2ClH/c31-26(22-17-21-18-28-24-8-4-7-23(30(21)24)25(22)35(32,33)34)27-13-9-20-11-15-29(16-12-20)14-10-19-5-2-1-3-6-19;;/h1-8,10,14,17,20-21,28H,9,11-13,15-16,18H2,(H,27,31)(H,32,33,34);2*1H. The van der Waals surface area contributed by atoms with Crippen LogP contribution >= 0.6 is 24.8 Å². The summed E-state index contributed by atoms with van der Waals surface area (Å²) in [6.45, 7) is 2.96. The number of carbonyl (C=O) groups excluding carboxylic acids is 1. The second-order valence-corrected chi connectivity index (χ2v) is 10.6. The quantitative estimate of drug-likeness (QED) is 0.434. The minimum Gasteiger partial charge on any atom is -0.377 e. The van der Waals surface area contributed by atoms with Crippen LogP contribution in [0.5, 0.6) is 0 Å². The fourth-order valence-electron chi connectivity index (χ4n) is 5.13. The van der Waals surface area contributed by atoms with Gasteiger partial charge in [0.1, 0.15) is 10.7 Å². The summed E-state index contributed by atoms with van der Waals surface area (Å²) in [5.74, 6) is 0.790. The Morgan fingerprint density at radius 1 is 1.16 bits per heavy atom. The number of amides is 1. The third-order valence-corrected chi connectivity index (χ3v) is 7.90. The monoisotopic (exact) mass is 566 g/mol. The molecule has 4 aliphatic heterocycles. The molecule has 8 nitrogen and oxygen atoms in total. The van der Waals surface area contributed by atoms with Crippen LogP contribution in [0, 0.1) is 5.92 Å². The molecule has 1 atom stereocenters. The third-order valence-electron chi connectivity index (χ3n) is 6.95. The van der Waals surface area contributed by atoms with Gasteiger partial charge >= 0.3 is 0 Å². The number of hydrogen-bond acceptors (Lipinski definition) is 6. The molecule has 1 amide bonds. The molecule has 1 aromatic rings. The van der Waals surface area contributed by atoms with E-state index in [-0.39, 0.29) is 41.3 Å². The normalized spacial score (nSPS) is 20.9. The number of likely N-dealkylation sites (tertiary alicyclic amines) is 1. The van der Waals surface area contributed by atoms with Gasteiger partial charge in [-0.05, 0) is 61.2 Å². The van der Waals surface area contributed by atoms with Gasteiger partial charge < -0.3 is 20.4 Å². The molecule has 1 aromatic carbocycles. The molecule has 2 saturated heterocycles. The number of piperidine rings is 1. The maximum Gasteiger partial charge on any atom is 0.297 e. The molecule has 37 heavy (non-hydrogen) atoms. The van der Waals surface area contributed by atoms with Gasteiger partial charge in [-0.3, -0.25) is 9.35 Å². The van der Waals surface area contributed by atoms with Gasteiger partial charge in [-0.2, -0.15) is 8.42 Å². The Morgan fingerprint density at radius 2 is 1.89 bits per heavy atom. The summed E-state index contributed by atoms with van der Waals surface area (Å²) in [5.41, 5.74) is 1.52. The first-order valence-electron chi connectivity index (χ1n) is 12.0. The minimum absolute atomic E-state index is 0. The lowest BCUT2D eigenvalue weighted by Crippen LogP contribution is -2.38. The molecule has 1 unspecified atom stereocenters. The lowest BCUT2D eigenvalue weighted by Gasteiger charge is -2.33. The van der Waals surface area contributed by atoms with Crippen LogP contribution in [0.3, 0.4) is 0 Å². The molecule has 0 spiro atoms. The van der Waals surface area contributed by atoms with Gasteiger partial charge in [0.05, 0.1) is 17.3 Å². The van der Waals surface area contributed by atoms with Crippen molar-refractivity contribution in [1.29, 1.82) is 0 Å². The maximum atomic E-state index is 13.0. The molecular formula is C26H32Cl2N4O4S. The highest BCUT2D eigenvalue weighted by atomic mass is 35.5. The van der Waals surface area contributed by atoms with E-state index in [2.05, 4.69) is 39.9 Å². The van der Waals surface area contributed by atoms with Crippen molar-refractivity contribution in [2.75, 3.05) is 26.2 Å². The van der Waals surface area contributed by atoms with Crippen LogP contribution in [0.4, 0.5) is 0 Å². The summed E-state index contributed by atoms with van der Waals surface area (Å²) in [4.78, 5) is 16.8. The summed E-state index contributed by atoms with van der Waals surface area (Å²) in [7, 11) is -4.60. The van der Waals surface area contributed by atoms with Crippen LogP contribution in [-0.4, -0.2) is 60.9 Å². The largest absolute Gasteiger partial charge is 0.377 e. The first-order valence-corrected chi connectivity index (χ1v) is 13.4. The number of benzene rings is 1. The molecule has 5 rings (SSSR count). The van der Waals surface area contributed by atoms with E-state index in [1.165, 1.54) is 5.56 Å². The highest BCUT2D eigenvalue weighted by molar-refractivity contribution is 7.90. The second-order valence-electron chi connectivity index (χ2n) is 9.25. The van der Waals surface area contributed by atoms with Gasteiger partial charge in [0.25, 0.3) is 16.0 Å². The highest BCUT2D eigenvalue weighted by Gasteiger charge is 2.41. The number of nitrogens with one attached hydrogen (secondary N) is 2. The summed E-state index contributed by atoms with van der Waals surface area (Å²) in [6.07, 6.45) is 14.0. The van der Waals surface area contributed by atoms with Crippen LogP contribution in [0.2, 0.25) is 0 Å². The predicted octanol–water partition coefficient (Wildman–Crippen LogP) is 3.44. The molecule has 0 radical (unpaired) electrons. The van der Waals surface area contributed by atoms with Crippen LogP contribution in [-0.2, 0) is 14.9 Å². The Balaban J connectivity index is 0.00000190. The summed E-state index contributed by atoms with van der Waals surface area (Å²) < 4.78 is 34.5. The lowest BCUT2D eigenvalue weighted by molar-refractivity contribution is -0.117. The molecule has 2 fully saturated rings. The maximum absolute atomic E-state index is 13.0. The molecular weight excluding hydrogens is 535 g/mol. The zero-order chi connectivity index (χ0) is 24.4. The Labute approximate surface area is 230 Å². The zero-order valence-corrected chi connectivity index (χ0v) is 22.7. The van der Waals surface area contributed by atoms with Crippen LogP contribution < -0.4 is 10.6 Å². The topological polar surface area (TPSA) is 102 Å². The highest BCUT2D eigenvalue weighted by Crippen LogP contribution is 2.37. The fourth-order valence-corrected chi connectivity index (χ4v) is 6.00. The van der Waals surface area contributed by atoms with Crippen molar-refractivity contribution in [2.24, 2.45) is 5.92 Å². The van der Waals surface area contributed by atoms with E-state index in [4.69, 9.17) is 0 Å². The van der Waals surface area contributed by atoms with E-state index >= 15 is 0 Å². The third kappa shape index (κ3) is 6.41. The number of hydrogen-bond donors (Lipinski definition) is 3. The summed E-state index contributed by atoms with van der Waals surface area (Å²) in [5, 5.41) is 6.10. The minimum atomic E-state index is -4.60. The van der Waals surface area contributed by atoms with Crippen molar-refractivity contribution < 1.29 is 17.8 Å². The van der Waals surface area contributed by atoms with E-state index in [1.54, 1.807) is 23.1 Å².